The number of nitrogens with one attached hydrogen (secondary N) is 1. The van der Waals surface area contributed by atoms with Crippen molar-refractivity contribution in [3.63, 3.8) is 0 Å². The van der Waals surface area contributed by atoms with E-state index in [1.807, 2.05) is 0 Å². The zero-order valence-electron chi connectivity index (χ0n) is 19.4. The lowest BCUT2D eigenvalue weighted by Crippen LogP contribution is -2.69. The van der Waals surface area contributed by atoms with Gasteiger partial charge in [0.1, 0.15) is 61.0 Å². The number of hydrogen-bond acceptors (Lipinski definition) is 14. The van der Waals surface area contributed by atoms with Crippen molar-refractivity contribution >= 4 is 5.91 Å². The first-order chi connectivity index (χ1) is 16.4. The first-order valence-corrected chi connectivity index (χ1v) is 11.3. The van der Waals surface area contributed by atoms with Crippen LogP contribution < -0.4 is 5.32 Å². The van der Waals surface area contributed by atoms with E-state index in [0.29, 0.717) is 0 Å². The molecule has 0 spiro atoms. The molecule has 1 amide bonds. The second-order valence-electron chi connectivity index (χ2n) is 9.04. The molecule has 0 radical (unpaired) electrons. The van der Waals surface area contributed by atoms with Crippen LogP contribution in [0.15, 0.2) is 0 Å². The fourth-order valence-electron chi connectivity index (χ4n) is 4.38. The Labute approximate surface area is 200 Å². The molecule has 3 aliphatic heterocycles. The number of hydrogen-bond donors (Lipinski definition) is 9. The maximum Gasteiger partial charge on any atom is 0.217 e. The van der Waals surface area contributed by atoms with Gasteiger partial charge in [-0.2, -0.15) is 0 Å². The maximum atomic E-state index is 12.0. The van der Waals surface area contributed by atoms with E-state index in [0.717, 1.165) is 6.92 Å². The average molecular weight is 513 g/mol. The Morgan fingerprint density at radius 1 is 0.743 bits per heavy atom. The summed E-state index contributed by atoms with van der Waals surface area (Å²) in [6.45, 7) is 3.32. The number of carbonyl (C=O) groups is 1. The molecule has 3 heterocycles. The van der Waals surface area contributed by atoms with Gasteiger partial charge in [-0.25, -0.2) is 0 Å². The molecule has 0 aromatic rings. The molecule has 9 N–H and O–H groups in total. The van der Waals surface area contributed by atoms with Gasteiger partial charge < -0.3 is 69.9 Å². The molecule has 15 nitrogen and oxygen atoms in total. The number of aliphatic hydroxyl groups is 8. The van der Waals surface area contributed by atoms with Gasteiger partial charge in [0.15, 0.2) is 18.9 Å². The van der Waals surface area contributed by atoms with Crippen molar-refractivity contribution in [1.82, 2.24) is 5.32 Å². The lowest BCUT2D eigenvalue weighted by molar-refractivity contribution is -0.359. The number of aliphatic hydroxyl groups excluding tert-OH is 8. The Hall–Kier alpha value is -1.05. The molecule has 15 heteroatoms. The van der Waals surface area contributed by atoms with E-state index in [1.165, 1.54) is 13.8 Å². The molecule has 15 atom stereocenters. The fourth-order valence-corrected chi connectivity index (χ4v) is 4.38. The van der Waals surface area contributed by atoms with E-state index >= 15 is 0 Å². The molecule has 0 bridgehead atoms. The Morgan fingerprint density at radius 2 is 1.37 bits per heavy atom. The Morgan fingerprint density at radius 3 is 1.97 bits per heavy atom. The smallest absolute Gasteiger partial charge is 0.217 e. The summed E-state index contributed by atoms with van der Waals surface area (Å²) in [7, 11) is 0. The van der Waals surface area contributed by atoms with Crippen LogP contribution >= 0.6 is 0 Å². The molecule has 3 fully saturated rings. The number of rotatable bonds is 6. The summed E-state index contributed by atoms with van der Waals surface area (Å²) >= 11 is 0. The standard InChI is InChI=1S/C20H35NO14/c1-5-10(24)12(26)15(29)20(32-5)35-17-9(21-7(3)23)19(33-8(4-22)11(17)25)34-16-6(2)31-18(30)14(28)13(16)27/h5-6,8-20,22,24-30H,4H2,1-3H3,(H,21,23)/t5-,6-,8+,9+,10-,11+,12+,13-,14+,15+,16-,17+,18+,19-,20-/m0/s1. The molecule has 35 heavy (non-hydrogen) atoms. The van der Waals surface area contributed by atoms with Crippen LogP contribution in [0, 0.1) is 0 Å². The molecular weight excluding hydrogens is 478 g/mol. The summed E-state index contributed by atoms with van der Waals surface area (Å²) in [4.78, 5) is 12.0. The minimum Gasteiger partial charge on any atom is -0.394 e. The third kappa shape index (κ3) is 5.93. The van der Waals surface area contributed by atoms with Crippen molar-refractivity contribution < 1.29 is 69.3 Å². The third-order valence-electron chi connectivity index (χ3n) is 6.41. The topological polar surface area (TPSA) is 237 Å². The summed E-state index contributed by atoms with van der Waals surface area (Å²) < 4.78 is 27.7. The highest BCUT2D eigenvalue weighted by Crippen LogP contribution is 2.32. The average Bonchev–Trinajstić information content (AvgIpc) is 2.80. The minimum absolute atomic E-state index is 0.603. The second kappa shape index (κ2) is 11.6. The van der Waals surface area contributed by atoms with E-state index in [2.05, 4.69) is 5.32 Å². The number of carbonyl (C=O) groups excluding carboxylic acids is 1. The largest absolute Gasteiger partial charge is 0.394 e. The van der Waals surface area contributed by atoms with Gasteiger partial charge >= 0.3 is 0 Å². The fraction of sp³-hybridized carbons (Fsp3) is 0.950. The SMILES string of the molecule is CC(=O)N[C@H]1[C@H](O[C@@H]2[C@@H](O)[C@@H](O)[C@H](O)O[C@H]2C)O[C@H](CO)[C@@H](O)[C@@H]1O[C@@H]1O[C@@H](C)[C@H](O)[C@@H](O)[C@H]1O. The summed E-state index contributed by atoms with van der Waals surface area (Å²) in [5.74, 6) is -0.603. The monoisotopic (exact) mass is 513 g/mol. The quantitative estimate of drug-likeness (QED) is 0.161. The van der Waals surface area contributed by atoms with E-state index in [4.69, 9.17) is 23.7 Å². The van der Waals surface area contributed by atoms with E-state index in [-0.39, 0.29) is 0 Å². The van der Waals surface area contributed by atoms with Crippen LogP contribution in [-0.4, -0.2) is 145 Å². The summed E-state index contributed by atoms with van der Waals surface area (Å²) in [6, 6.07) is -1.32. The van der Waals surface area contributed by atoms with Crippen LogP contribution in [-0.2, 0) is 28.5 Å². The Balaban J connectivity index is 1.87. The molecule has 0 aromatic heterocycles. The van der Waals surface area contributed by atoms with Crippen LogP contribution in [0.2, 0.25) is 0 Å². The van der Waals surface area contributed by atoms with Crippen LogP contribution in [0.25, 0.3) is 0 Å². The summed E-state index contributed by atoms with van der Waals surface area (Å²) in [5.41, 5.74) is 0. The molecule has 0 aromatic carbocycles. The van der Waals surface area contributed by atoms with Crippen LogP contribution in [0.1, 0.15) is 20.8 Å². The predicted octanol–water partition coefficient (Wildman–Crippen LogP) is -5.37. The molecule has 0 unspecified atom stereocenters. The highest BCUT2D eigenvalue weighted by atomic mass is 16.7. The highest BCUT2D eigenvalue weighted by molar-refractivity contribution is 5.73. The number of ether oxygens (including phenoxy) is 5. The molecule has 204 valence electrons. The normalized spacial score (nSPS) is 51.1. The molecule has 3 rings (SSSR count). The summed E-state index contributed by atoms with van der Waals surface area (Å²) in [6.07, 6.45) is -20.4. The van der Waals surface area contributed by atoms with Crippen molar-refractivity contribution in [2.45, 2.75) is 113 Å². The zero-order valence-corrected chi connectivity index (χ0v) is 19.4. The van der Waals surface area contributed by atoms with Crippen molar-refractivity contribution in [3.05, 3.63) is 0 Å². The van der Waals surface area contributed by atoms with Gasteiger partial charge in [0, 0.05) is 6.92 Å². The van der Waals surface area contributed by atoms with Gasteiger partial charge in [-0.3, -0.25) is 4.79 Å². The highest BCUT2D eigenvalue weighted by Gasteiger charge is 2.53. The van der Waals surface area contributed by atoms with Gasteiger partial charge in [-0.15, -0.1) is 0 Å². The van der Waals surface area contributed by atoms with Crippen LogP contribution in [0.3, 0.4) is 0 Å². The minimum atomic E-state index is -1.73. The Bertz CT molecular complexity index is 715. The van der Waals surface area contributed by atoms with Crippen LogP contribution in [0.5, 0.6) is 0 Å². The molecule has 0 saturated carbocycles. The first-order valence-electron chi connectivity index (χ1n) is 11.3. The van der Waals surface area contributed by atoms with Crippen molar-refractivity contribution in [2.75, 3.05) is 6.61 Å². The molecule has 0 aliphatic carbocycles. The molecule has 3 aliphatic rings. The lowest BCUT2D eigenvalue weighted by Gasteiger charge is -2.49. The maximum absolute atomic E-state index is 12.0. The van der Waals surface area contributed by atoms with Gasteiger partial charge in [-0.1, -0.05) is 0 Å². The molecule has 3 saturated heterocycles. The van der Waals surface area contributed by atoms with Crippen molar-refractivity contribution in [2.24, 2.45) is 0 Å². The third-order valence-corrected chi connectivity index (χ3v) is 6.41. The zero-order chi connectivity index (χ0) is 26.2. The first kappa shape index (κ1) is 28.5. The summed E-state index contributed by atoms with van der Waals surface area (Å²) in [5, 5.41) is 83.5. The Kier molecular flexibility index (Phi) is 9.42. The van der Waals surface area contributed by atoms with Gasteiger partial charge in [0.25, 0.3) is 0 Å². The second-order valence-corrected chi connectivity index (χ2v) is 9.04. The van der Waals surface area contributed by atoms with Crippen molar-refractivity contribution in [1.29, 1.82) is 0 Å². The van der Waals surface area contributed by atoms with Gasteiger partial charge in [0.05, 0.1) is 18.8 Å². The molecular formula is C20H35NO14. The van der Waals surface area contributed by atoms with Gasteiger partial charge in [-0.05, 0) is 13.8 Å². The van der Waals surface area contributed by atoms with E-state index < -0.39 is 105 Å². The van der Waals surface area contributed by atoms with E-state index in [1.54, 1.807) is 0 Å². The van der Waals surface area contributed by atoms with E-state index in [9.17, 15) is 45.6 Å². The van der Waals surface area contributed by atoms with Crippen molar-refractivity contribution in [3.8, 4) is 0 Å². The predicted molar refractivity (Wildman–Crippen MR) is 110 cm³/mol. The van der Waals surface area contributed by atoms with Crippen LogP contribution in [0.4, 0.5) is 0 Å². The van der Waals surface area contributed by atoms with Gasteiger partial charge in [0.2, 0.25) is 5.91 Å². The lowest BCUT2D eigenvalue weighted by atomic mass is 9.94. The number of amides is 1.